The zero-order valence-corrected chi connectivity index (χ0v) is 9.19. The van der Waals surface area contributed by atoms with Crippen molar-refractivity contribution in [3.05, 3.63) is 65.2 Å². The highest BCUT2D eigenvalue weighted by atomic mass is 14.5. The van der Waals surface area contributed by atoms with Crippen molar-refractivity contribution in [3.8, 4) is 0 Å². The molecule has 0 aliphatic heterocycles. The second kappa shape index (κ2) is 3.67. The quantitative estimate of drug-likeness (QED) is 0.716. The van der Waals surface area contributed by atoms with Crippen LogP contribution < -0.4 is 5.73 Å². The summed E-state index contributed by atoms with van der Waals surface area (Å²) in [4.78, 5) is 0. The van der Waals surface area contributed by atoms with Gasteiger partial charge in [0.1, 0.15) is 0 Å². The topological polar surface area (TPSA) is 26.0 Å². The smallest absolute Gasteiger partial charge is 0.0316 e. The Morgan fingerprint density at radius 3 is 2.75 bits per heavy atom. The van der Waals surface area contributed by atoms with E-state index in [1.165, 1.54) is 29.5 Å². The van der Waals surface area contributed by atoms with Crippen molar-refractivity contribution in [1.29, 1.82) is 0 Å². The third kappa shape index (κ3) is 1.49. The van der Waals surface area contributed by atoms with E-state index in [1.54, 1.807) is 0 Å². The second-order valence-electron chi connectivity index (χ2n) is 4.46. The summed E-state index contributed by atoms with van der Waals surface area (Å²) in [6.07, 6.45) is 2.40. The number of nitrogen functional groups attached to an aromatic ring is 1. The van der Waals surface area contributed by atoms with Gasteiger partial charge in [0, 0.05) is 11.6 Å². The van der Waals surface area contributed by atoms with Crippen molar-refractivity contribution < 1.29 is 0 Å². The first-order valence-electron chi connectivity index (χ1n) is 5.78. The molecule has 1 atom stereocenters. The molecule has 0 bridgehead atoms. The molecule has 1 heteroatoms. The van der Waals surface area contributed by atoms with Crippen LogP contribution in [0.15, 0.2) is 48.5 Å². The predicted octanol–water partition coefficient (Wildman–Crippen LogP) is 3.35. The summed E-state index contributed by atoms with van der Waals surface area (Å²) in [6, 6.07) is 17.0. The normalized spacial score (nSPS) is 18.4. The zero-order chi connectivity index (χ0) is 11.0. The van der Waals surface area contributed by atoms with Gasteiger partial charge in [-0.3, -0.25) is 0 Å². The molecule has 0 saturated heterocycles. The maximum Gasteiger partial charge on any atom is 0.0316 e. The molecule has 0 radical (unpaired) electrons. The Hall–Kier alpha value is -1.76. The Morgan fingerprint density at radius 1 is 1.00 bits per heavy atom. The van der Waals surface area contributed by atoms with Crippen LogP contribution in [0.1, 0.15) is 29.0 Å². The van der Waals surface area contributed by atoms with Crippen LogP contribution in [-0.4, -0.2) is 0 Å². The van der Waals surface area contributed by atoms with Crippen LogP contribution in [0.25, 0.3) is 0 Å². The van der Waals surface area contributed by atoms with Crippen LogP contribution in [0.2, 0.25) is 0 Å². The van der Waals surface area contributed by atoms with Crippen molar-refractivity contribution in [2.24, 2.45) is 0 Å². The van der Waals surface area contributed by atoms with E-state index in [2.05, 4.69) is 36.4 Å². The first-order valence-corrected chi connectivity index (χ1v) is 5.78. The van der Waals surface area contributed by atoms with Gasteiger partial charge in [0.15, 0.2) is 0 Å². The molecule has 16 heavy (non-hydrogen) atoms. The summed E-state index contributed by atoms with van der Waals surface area (Å²) in [5.41, 5.74) is 11.0. The summed E-state index contributed by atoms with van der Waals surface area (Å²) in [5, 5.41) is 0. The number of hydrogen-bond donors (Lipinski definition) is 1. The fourth-order valence-electron chi connectivity index (χ4n) is 2.68. The van der Waals surface area contributed by atoms with E-state index in [4.69, 9.17) is 5.73 Å². The van der Waals surface area contributed by atoms with Crippen LogP contribution >= 0.6 is 0 Å². The Labute approximate surface area is 95.9 Å². The van der Waals surface area contributed by atoms with E-state index in [-0.39, 0.29) is 0 Å². The maximum atomic E-state index is 5.85. The van der Waals surface area contributed by atoms with E-state index < -0.39 is 0 Å². The molecule has 2 aromatic rings. The number of rotatable bonds is 1. The van der Waals surface area contributed by atoms with Gasteiger partial charge in [-0.2, -0.15) is 0 Å². The van der Waals surface area contributed by atoms with Gasteiger partial charge in [-0.05, 0) is 41.7 Å². The van der Waals surface area contributed by atoms with Crippen LogP contribution in [0, 0.1) is 0 Å². The average molecular weight is 209 g/mol. The molecule has 0 saturated carbocycles. The summed E-state index contributed by atoms with van der Waals surface area (Å²) < 4.78 is 0. The lowest BCUT2D eigenvalue weighted by Gasteiger charge is -2.12. The van der Waals surface area contributed by atoms with Crippen molar-refractivity contribution in [1.82, 2.24) is 0 Å². The minimum Gasteiger partial charge on any atom is -0.399 e. The van der Waals surface area contributed by atoms with Gasteiger partial charge in [-0.1, -0.05) is 36.4 Å². The van der Waals surface area contributed by atoms with Gasteiger partial charge in [-0.15, -0.1) is 0 Å². The monoisotopic (exact) mass is 209 g/mol. The lowest BCUT2D eigenvalue weighted by molar-refractivity contribution is 0.788. The molecule has 3 rings (SSSR count). The highest BCUT2D eigenvalue weighted by Gasteiger charge is 2.23. The first-order chi connectivity index (χ1) is 7.84. The molecule has 0 amide bonds. The molecule has 1 unspecified atom stereocenters. The number of hydrogen-bond acceptors (Lipinski definition) is 1. The van der Waals surface area contributed by atoms with Gasteiger partial charge in [-0.25, -0.2) is 0 Å². The summed E-state index contributed by atoms with van der Waals surface area (Å²) in [7, 11) is 0. The summed E-state index contributed by atoms with van der Waals surface area (Å²) in [5.74, 6) is 0.541. The molecular weight excluding hydrogens is 194 g/mol. The Balaban J connectivity index is 2.05. The van der Waals surface area contributed by atoms with E-state index in [9.17, 15) is 0 Å². The van der Waals surface area contributed by atoms with E-state index in [0.29, 0.717) is 5.92 Å². The number of benzene rings is 2. The molecule has 1 nitrogen and oxygen atoms in total. The molecule has 0 aromatic heterocycles. The maximum absolute atomic E-state index is 5.85. The van der Waals surface area contributed by atoms with Crippen molar-refractivity contribution in [3.63, 3.8) is 0 Å². The molecular formula is C15H15N. The van der Waals surface area contributed by atoms with Crippen LogP contribution in [0.4, 0.5) is 5.69 Å². The fraction of sp³-hybridized carbons (Fsp3) is 0.200. The Morgan fingerprint density at radius 2 is 1.88 bits per heavy atom. The molecule has 0 heterocycles. The average Bonchev–Trinajstić information content (AvgIpc) is 2.72. The number of aryl methyl sites for hydroxylation is 1. The lowest BCUT2D eigenvalue weighted by Crippen LogP contribution is -1.97. The summed E-state index contributed by atoms with van der Waals surface area (Å²) >= 11 is 0. The Bertz CT molecular complexity index is 516. The van der Waals surface area contributed by atoms with E-state index in [1.807, 2.05) is 12.1 Å². The predicted molar refractivity (Wildman–Crippen MR) is 67.5 cm³/mol. The van der Waals surface area contributed by atoms with Crippen LogP contribution in [0.3, 0.4) is 0 Å². The minimum absolute atomic E-state index is 0.541. The number of fused-ring (bicyclic) bond motifs is 1. The number of nitrogens with two attached hydrogens (primary N) is 1. The minimum atomic E-state index is 0.541. The van der Waals surface area contributed by atoms with Crippen molar-refractivity contribution in [2.75, 3.05) is 5.73 Å². The second-order valence-corrected chi connectivity index (χ2v) is 4.46. The SMILES string of the molecule is Nc1cccc(C2CCc3ccccc32)c1. The highest BCUT2D eigenvalue weighted by molar-refractivity contribution is 5.47. The lowest BCUT2D eigenvalue weighted by atomic mass is 9.93. The van der Waals surface area contributed by atoms with Gasteiger partial charge in [0.2, 0.25) is 0 Å². The third-order valence-corrected chi connectivity index (χ3v) is 3.45. The van der Waals surface area contributed by atoms with E-state index in [0.717, 1.165) is 5.69 Å². The summed E-state index contributed by atoms with van der Waals surface area (Å²) in [6.45, 7) is 0. The molecule has 1 aliphatic carbocycles. The molecule has 2 aromatic carbocycles. The van der Waals surface area contributed by atoms with Crippen LogP contribution in [-0.2, 0) is 6.42 Å². The first kappa shape index (κ1) is 9.46. The zero-order valence-electron chi connectivity index (χ0n) is 9.19. The van der Waals surface area contributed by atoms with Gasteiger partial charge in [0.25, 0.3) is 0 Å². The molecule has 0 fully saturated rings. The molecule has 0 spiro atoms. The van der Waals surface area contributed by atoms with Crippen molar-refractivity contribution >= 4 is 5.69 Å². The molecule has 2 N–H and O–H groups in total. The van der Waals surface area contributed by atoms with E-state index >= 15 is 0 Å². The van der Waals surface area contributed by atoms with Crippen molar-refractivity contribution in [2.45, 2.75) is 18.8 Å². The standard InChI is InChI=1S/C15H15N/c16-13-6-3-5-12(10-13)15-9-8-11-4-1-2-7-14(11)15/h1-7,10,15H,8-9,16H2. The van der Waals surface area contributed by atoms with Crippen LogP contribution in [0.5, 0.6) is 0 Å². The highest BCUT2D eigenvalue weighted by Crippen LogP contribution is 2.38. The third-order valence-electron chi connectivity index (χ3n) is 3.45. The largest absolute Gasteiger partial charge is 0.399 e. The molecule has 1 aliphatic rings. The van der Waals surface area contributed by atoms with Gasteiger partial charge in [0.05, 0.1) is 0 Å². The number of anilines is 1. The fourth-order valence-corrected chi connectivity index (χ4v) is 2.68. The molecule has 80 valence electrons. The van der Waals surface area contributed by atoms with Gasteiger partial charge >= 0.3 is 0 Å². The Kier molecular flexibility index (Phi) is 2.17. The van der Waals surface area contributed by atoms with Gasteiger partial charge < -0.3 is 5.73 Å².